The van der Waals surface area contributed by atoms with Gasteiger partial charge in [-0.2, -0.15) is 0 Å². The zero-order valence-electron chi connectivity index (χ0n) is 13.2. The molecule has 0 radical (unpaired) electrons. The van der Waals surface area contributed by atoms with E-state index in [0.717, 1.165) is 30.8 Å². The first-order valence-electron chi connectivity index (χ1n) is 7.33. The first kappa shape index (κ1) is 14.2. The minimum Gasteiger partial charge on any atom is -0.485 e. The maximum atomic E-state index is 6.34. The minimum absolute atomic E-state index is 0.0946. The summed E-state index contributed by atoms with van der Waals surface area (Å²) in [6.07, 6.45) is 2.08. The van der Waals surface area contributed by atoms with Crippen molar-refractivity contribution in [3.05, 3.63) is 23.3 Å². The summed E-state index contributed by atoms with van der Waals surface area (Å²) in [5, 5.41) is 3.54. The first-order chi connectivity index (χ1) is 8.73. The lowest BCUT2D eigenvalue weighted by Gasteiger charge is -2.30. The van der Waals surface area contributed by atoms with Crippen molar-refractivity contribution < 1.29 is 4.74 Å². The predicted octanol–water partition coefficient (Wildman–Crippen LogP) is 4.52. The van der Waals surface area contributed by atoms with Gasteiger partial charge in [-0.15, -0.1) is 0 Å². The highest BCUT2D eigenvalue weighted by molar-refractivity contribution is 5.64. The number of rotatable bonds is 1. The minimum atomic E-state index is -0.105. The van der Waals surface area contributed by atoms with E-state index in [0.29, 0.717) is 0 Å². The van der Waals surface area contributed by atoms with Crippen molar-refractivity contribution in [2.45, 2.75) is 65.4 Å². The van der Waals surface area contributed by atoms with E-state index < -0.39 is 0 Å². The molecule has 106 valence electrons. The Kier molecular flexibility index (Phi) is 3.55. The number of fused-ring (bicyclic) bond motifs is 1. The van der Waals surface area contributed by atoms with E-state index in [1.54, 1.807) is 0 Å². The van der Waals surface area contributed by atoms with E-state index in [-0.39, 0.29) is 11.0 Å². The van der Waals surface area contributed by atoms with Crippen LogP contribution in [0.5, 0.6) is 5.75 Å². The number of nitrogens with one attached hydrogen (secondary N) is 1. The van der Waals surface area contributed by atoms with Gasteiger partial charge in [-0.1, -0.05) is 33.8 Å². The molecule has 0 atom stereocenters. The Morgan fingerprint density at radius 3 is 2.53 bits per heavy atom. The Morgan fingerprint density at radius 2 is 1.95 bits per heavy atom. The Balaban J connectivity index is 2.60. The molecule has 0 aliphatic carbocycles. The van der Waals surface area contributed by atoms with Gasteiger partial charge < -0.3 is 10.1 Å². The molecule has 1 aliphatic heterocycles. The molecule has 0 bridgehead atoms. The maximum absolute atomic E-state index is 6.34. The highest BCUT2D eigenvalue weighted by Gasteiger charge is 2.30. The van der Waals surface area contributed by atoms with Crippen LogP contribution in [-0.2, 0) is 11.8 Å². The van der Waals surface area contributed by atoms with E-state index >= 15 is 0 Å². The molecule has 0 aromatic heterocycles. The lowest BCUT2D eigenvalue weighted by Crippen LogP contribution is -2.29. The van der Waals surface area contributed by atoms with Crippen LogP contribution in [0.2, 0.25) is 0 Å². The molecule has 0 spiro atoms. The smallest absolute Gasteiger partial charge is 0.146 e. The van der Waals surface area contributed by atoms with Gasteiger partial charge in [-0.3, -0.25) is 0 Å². The SMILES string of the molecule is CCc1cc2c(c(C(C)(C)C)c1)OC(C)(C)CCN2. The summed E-state index contributed by atoms with van der Waals surface area (Å²) >= 11 is 0. The van der Waals surface area contributed by atoms with Gasteiger partial charge in [0.15, 0.2) is 0 Å². The molecule has 0 unspecified atom stereocenters. The van der Waals surface area contributed by atoms with Gasteiger partial charge in [0.2, 0.25) is 0 Å². The molecular weight excluding hydrogens is 234 g/mol. The van der Waals surface area contributed by atoms with Crippen molar-refractivity contribution in [2.75, 3.05) is 11.9 Å². The number of ether oxygens (including phenoxy) is 1. The second-order valence-corrected chi connectivity index (χ2v) is 7.16. The van der Waals surface area contributed by atoms with E-state index in [9.17, 15) is 0 Å². The van der Waals surface area contributed by atoms with E-state index in [1.807, 2.05) is 0 Å². The third-order valence-corrected chi connectivity index (χ3v) is 3.79. The summed E-state index contributed by atoms with van der Waals surface area (Å²) in [4.78, 5) is 0. The number of aryl methyl sites for hydroxylation is 1. The molecule has 0 fully saturated rings. The zero-order valence-corrected chi connectivity index (χ0v) is 13.2. The maximum Gasteiger partial charge on any atom is 0.146 e. The standard InChI is InChI=1S/C17H27NO/c1-7-12-10-13(16(2,3)4)15-14(11-12)18-9-8-17(5,6)19-15/h10-11,18H,7-9H2,1-6H3. The molecule has 1 heterocycles. The van der Waals surface area contributed by atoms with Crippen LogP contribution in [0.4, 0.5) is 5.69 Å². The molecule has 0 saturated carbocycles. The van der Waals surface area contributed by atoms with Crippen LogP contribution < -0.4 is 10.1 Å². The summed E-state index contributed by atoms with van der Waals surface area (Å²) in [6.45, 7) is 14.3. The second kappa shape index (κ2) is 4.73. The number of hydrogen-bond acceptors (Lipinski definition) is 2. The van der Waals surface area contributed by atoms with Gasteiger partial charge >= 0.3 is 0 Å². The first-order valence-corrected chi connectivity index (χ1v) is 7.33. The molecule has 1 N–H and O–H groups in total. The molecule has 1 aromatic carbocycles. The third-order valence-electron chi connectivity index (χ3n) is 3.79. The third kappa shape index (κ3) is 3.05. The summed E-state index contributed by atoms with van der Waals surface area (Å²) in [7, 11) is 0. The Labute approximate surface area is 117 Å². The second-order valence-electron chi connectivity index (χ2n) is 7.16. The normalized spacial score (nSPS) is 18.0. The van der Waals surface area contributed by atoms with Crippen LogP contribution in [0.3, 0.4) is 0 Å². The van der Waals surface area contributed by atoms with Crippen molar-refractivity contribution >= 4 is 5.69 Å². The average Bonchev–Trinajstić information content (AvgIpc) is 2.43. The summed E-state index contributed by atoms with van der Waals surface area (Å²) < 4.78 is 6.34. The lowest BCUT2D eigenvalue weighted by molar-refractivity contribution is 0.106. The van der Waals surface area contributed by atoms with Gasteiger partial charge in [-0.25, -0.2) is 0 Å². The van der Waals surface area contributed by atoms with Crippen LogP contribution in [0.15, 0.2) is 12.1 Å². The van der Waals surface area contributed by atoms with Crippen molar-refractivity contribution in [1.29, 1.82) is 0 Å². The molecule has 0 saturated heterocycles. The van der Waals surface area contributed by atoms with E-state index in [4.69, 9.17) is 4.74 Å². The van der Waals surface area contributed by atoms with E-state index in [1.165, 1.54) is 11.1 Å². The highest BCUT2D eigenvalue weighted by Crippen LogP contribution is 2.42. The van der Waals surface area contributed by atoms with Crippen LogP contribution >= 0.6 is 0 Å². The van der Waals surface area contributed by atoms with Crippen molar-refractivity contribution in [3.8, 4) is 5.75 Å². The number of benzene rings is 1. The molecule has 1 aliphatic rings. The largest absolute Gasteiger partial charge is 0.485 e. The van der Waals surface area contributed by atoms with Crippen molar-refractivity contribution in [1.82, 2.24) is 0 Å². The molecule has 19 heavy (non-hydrogen) atoms. The zero-order chi connectivity index (χ0) is 14.3. The van der Waals surface area contributed by atoms with Gasteiger partial charge in [-0.05, 0) is 37.3 Å². The fourth-order valence-electron chi connectivity index (χ4n) is 2.52. The van der Waals surface area contributed by atoms with Crippen molar-refractivity contribution in [3.63, 3.8) is 0 Å². The fraction of sp³-hybridized carbons (Fsp3) is 0.647. The lowest BCUT2D eigenvalue weighted by atomic mass is 9.84. The predicted molar refractivity (Wildman–Crippen MR) is 82.3 cm³/mol. The molecule has 1 aromatic rings. The van der Waals surface area contributed by atoms with Gasteiger partial charge in [0.05, 0.1) is 5.69 Å². The molecule has 0 amide bonds. The summed E-state index contributed by atoms with van der Waals surface area (Å²) in [6, 6.07) is 4.55. The molecule has 2 heteroatoms. The number of anilines is 1. The topological polar surface area (TPSA) is 21.3 Å². The van der Waals surface area contributed by atoms with Crippen molar-refractivity contribution in [2.24, 2.45) is 0 Å². The Bertz CT molecular complexity index is 469. The van der Waals surface area contributed by atoms with E-state index in [2.05, 4.69) is 59.0 Å². The van der Waals surface area contributed by atoms with Crippen LogP contribution in [0, 0.1) is 0 Å². The molecule has 2 nitrogen and oxygen atoms in total. The summed E-state index contributed by atoms with van der Waals surface area (Å²) in [5.41, 5.74) is 3.84. The Hall–Kier alpha value is -1.18. The van der Waals surface area contributed by atoms with Crippen LogP contribution in [0.25, 0.3) is 0 Å². The van der Waals surface area contributed by atoms with Gasteiger partial charge in [0, 0.05) is 18.5 Å². The average molecular weight is 261 g/mol. The molecular formula is C17H27NO. The number of hydrogen-bond donors (Lipinski definition) is 1. The monoisotopic (exact) mass is 261 g/mol. The van der Waals surface area contributed by atoms with Crippen LogP contribution in [-0.4, -0.2) is 12.1 Å². The quantitative estimate of drug-likeness (QED) is 0.802. The van der Waals surface area contributed by atoms with Gasteiger partial charge in [0.1, 0.15) is 11.4 Å². The Morgan fingerprint density at radius 1 is 1.26 bits per heavy atom. The highest BCUT2D eigenvalue weighted by atomic mass is 16.5. The van der Waals surface area contributed by atoms with Crippen LogP contribution in [0.1, 0.15) is 59.1 Å². The summed E-state index contributed by atoms with van der Waals surface area (Å²) in [5.74, 6) is 1.05. The fourth-order valence-corrected chi connectivity index (χ4v) is 2.52. The van der Waals surface area contributed by atoms with Gasteiger partial charge in [0.25, 0.3) is 0 Å². The molecule has 2 rings (SSSR count).